The Balaban J connectivity index is 1.78. The van der Waals surface area contributed by atoms with Gasteiger partial charge < -0.3 is 9.64 Å². The van der Waals surface area contributed by atoms with Crippen LogP contribution in [-0.4, -0.2) is 55.3 Å². The van der Waals surface area contributed by atoms with Gasteiger partial charge in [0.1, 0.15) is 0 Å². The van der Waals surface area contributed by atoms with E-state index in [0.717, 1.165) is 43.4 Å². The van der Waals surface area contributed by atoms with Gasteiger partial charge in [0.15, 0.2) is 0 Å². The first-order valence-corrected chi connectivity index (χ1v) is 6.80. The minimum atomic E-state index is 0.376. The lowest BCUT2D eigenvalue weighted by atomic mass is 9.99. The summed E-state index contributed by atoms with van der Waals surface area (Å²) in [5.41, 5.74) is 1.09. The van der Waals surface area contributed by atoms with Crippen LogP contribution in [0.25, 0.3) is 0 Å². The molecule has 1 aromatic heterocycles. The monoisotopic (exact) mass is 267 g/mol. The zero-order valence-electron chi connectivity index (χ0n) is 10.6. The van der Waals surface area contributed by atoms with Crippen LogP contribution in [0.5, 0.6) is 0 Å². The maximum Gasteiger partial charge on any atom is 0.0822 e. The molecule has 0 unspecified atom stereocenters. The zero-order chi connectivity index (χ0) is 12.5. The van der Waals surface area contributed by atoms with Crippen molar-refractivity contribution in [2.24, 2.45) is 0 Å². The number of likely N-dealkylation sites (N-methyl/N-ethyl adjacent to an activating group) is 1. The second-order valence-electron chi connectivity index (χ2n) is 5.02. The van der Waals surface area contributed by atoms with Gasteiger partial charge in [0.2, 0.25) is 0 Å². The van der Waals surface area contributed by atoms with E-state index < -0.39 is 0 Å². The van der Waals surface area contributed by atoms with Gasteiger partial charge in [-0.15, -0.1) is 0 Å². The fraction of sp³-hybridized carbons (Fsp3) is 0.615. The Morgan fingerprint density at radius 2 is 2.33 bits per heavy atom. The molecule has 0 aliphatic carbocycles. The van der Waals surface area contributed by atoms with E-state index in [2.05, 4.69) is 21.8 Å². The van der Waals surface area contributed by atoms with E-state index in [1.807, 2.05) is 6.07 Å². The number of fused-ring (bicyclic) bond motifs is 1. The van der Waals surface area contributed by atoms with Crippen LogP contribution in [0, 0.1) is 0 Å². The number of anilines is 1. The van der Waals surface area contributed by atoms with Crippen molar-refractivity contribution in [2.75, 3.05) is 38.2 Å². The average Bonchev–Trinajstić information content (AvgIpc) is 2.40. The summed E-state index contributed by atoms with van der Waals surface area (Å²) in [5, 5.41) is 0.732. The molecule has 0 aromatic carbocycles. The lowest BCUT2D eigenvalue weighted by molar-refractivity contribution is -0.0687. The third-order valence-corrected chi connectivity index (χ3v) is 4.25. The van der Waals surface area contributed by atoms with Crippen LogP contribution in [-0.2, 0) is 4.74 Å². The molecule has 0 radical (unpaired) electrons. The van der Waals surface area contributed by atoms with Crippen molar-refractivity contribution in [3.8, 4) is 0 Å². The van der Waals surface area contributed by atoms with Crippen molar-refractivity contribution in [1.82, 2.24) is 9.88 Å². The molecule has 1 aromatic rings. The largest absolute Gasteiger partial charge is 0.375 e. The average molecular weight is 268 g/mol. The SMILES string of the molecule is CN1CCO[C@H]2CCN(c3ccncc3Cl)C[C@H]21. The summed E-state index contributed by atoms with van der Waals surface area (Å²) in [4.78, 5) is 8.78. The van der Waals surface area contributed by atoms with Gasteiger partial charge in [-0.25, -0.2) is 0 Å². The smallest absolute Gasteiger partial charge is 0.0822 e. The summed E-state index contributed by atoms with van der Waals surface area (Å²) in [7, 11) is 2.18. The lowest BCUT2D eigenvalue weighted by Gasteiger charge is -2.46. The molecule has 2 aliphatic rings. The Kier molecular flexibility index (Phi) is 3.41. The summed E-state index contributed by atoms with van der Waals surface area (Å²) in [5.74, 6) is 0. The van der Waals surface area contributed by atoms with Gasteiger partial charge >= 0.3 is 0 Å². The first-order valence-electron chi connectivity index (χ1n) is 6.42. The first kappa shape index (κ1) is 12.2. The molecule has 5 heteroatoms. The van der Waals surface area contributed by atoms with Gasteiger partial charge in [-0.05, 0) is 19.5 Å². The van der Waals surface area contributed by atoms with Crippen LogP contribution in [0.1, 0.15) is 6.42 Å². The van der Waals surface area contributed by atoms with Crippen LogP contribution in [0.4, 0.5) is 5.69 Å². The van der Waals surface area contributed by atoms with Gasteiger partial charge in [-0.3, -0.25) is 9.88 Å². The summed E-state index contributed by atoms with van der Waals surface area (Å²) in [6.07, 6.45) is 4.95. The number of halogens is 1. The summed E-state index contributed by atoms with van der Waals surface area (Å²) in [6, 6.07) is 2.46. The maximum absolute atomic E-state index is 6.22. The molecule has 0 spiro atoms. The Hall–Kier alpha value is -0.840. The minimum absolute atomic E-state index is 0.376. The highest BCUT2D eigenvalue weighted by atomic mass is 35.5. The normalized spacial score (nSPS) is 29.1. The molecule has 0 amide bonds. The molecule has 2 saturated heterocycles. The number of aromatic nitrogens is 1. The standard InChI is InChI=1S/C13H18ClN3O/c1-16-6-7-18-13-3-5-17(9-12(13)16)11-2-4-15-8-10(11)14/h2,4,8,12-13H,3,5-7,9H2,1H3/t12-,13+/m1/s1. The lowest BCUT2D eigenvalue weighted by Crippen LogP contribution is -2.58. The number of hydrogen-bond donors (Lipinski definition) is 0. The quantitative estimate of drug-likeness (QED) is 0.774. The van der Waals surface area contributed by atoms with Gasteiger partial charge in [0.05, 0.1) is 29.5 Å². The number of rotatable bonds is 1. The van der Waals surface area contributed by atoms with Gasteiger partial charge in [-0.2, -0.15) is 0 Å². The summed E-state index contributed by atoms with van der Waals surface area (Å²) >= 11 is 6.22. The van der Waals surface area contributed by atoms with Gasteiger partial charge in [-0.1, -0.05) is 11.6 Å². The van der Waals surface area contributed by atoms with Crippen LogP contribution in [0.2, 0.25) is 5.02 Å². The first-order chi connectivity index (χ1) is 8.75. The summed E-state index contributed by atoms with van der Waals surface area (Å²) < 4.78 is 5.85. The molecular formula is C13H18ClN3O. The van der Waals surface area contributed by atoms with Crippen molar-refractivity contribution in [3.63, 3.8) is 0 Å². The maximum atomic E-state index is 6.22. The molecule has 18 heavy (non-hydrogen) atoms. The predicted octanol–water partition coefficient (Wildman–Crippen LogP) is 1.64. The molecule has 98 valence electrons. The molecule has 0 bridgehead atoms. The van der Waals surface area contributed by atoms with Gasteiger partial charge in [0, 0.05) is 32.0 Å². The van der Waals surface area contributed by atoms with E-state index in [9.17, 15) is 0 Å². The molecule has 0 saturated carbocycles. The van der Waals surface area contributed by atoms with Crippen molar-refractivity contribution >= 4 is 17.3 Å². The Morgan fingerprint density at radius 1 is 1.44 bits per heavy atom. The van der Waals surface area contributed by atoms with Crippen molar-refractivity contribution in [3.05, 3.63) is 23.5 Å². The predicted molar refractivity (Wildman–Crippen MR) is 72.2 cm³/mol. The molecule has 0 N–H and O–H groups in total. The fourth-order valence-electron chi connectivity index (χ4n) is 2.88. The minimum Gasteiger partial charge on any atom is -0.375 e. The van der Waals surface area contributed by atoms with Crippen molar-refractivity contribution < 1.29 is 4.74 Å². The van der Waals surface area contributed by atoms with E-state index in [0.29, 0.717) is 12.1 Å². The van der Waals surface area contributed by atoms with Crippen LogP contribution in [0.15, 0.2) is 18.5 Å². The van der Waals surface area contributed by atoms with E-state index in [4.69, 9.17) is 16.3 Å². The number of piperidine rings is 1. The molecule has 2 atom stereocenters. The van der Waals surface area contributed by atoms with E-state index >= 15 is 0 Å². The zero-order valence-corrected chi connectivity index (χ0v) is 11.3. The third kappa shape index (κ3) is 2.20. The molecule has 3 heterocycles. The fourth-order valence-corrected chi connectivity index (χ4v) is 3.12. The molecule has 4 nitrogen and oxygen atoms in total. The van der Waals surface area contributed by atoms with Crippen molar-refractivity contribution in [1.29, 1.82) is 0 Å². The number of ether oxygens (including phenoxy) is 1. The van der Waals surface area contributed by atoms with Crippen LogP contribution < -0.4 is 4.90 Å². The highest BCUT2D eigenvalue weighted by molar-refractivity contribution is 6.33. The topological polar surface area (TPSA) is 28.6 Å². The Morgan fingerprint density at radius 3 is 3.17 bits per heavy atom. The highest BCUT2D eigenvalue weighted by Gasteiger charge is 2.35. The second kappa shape index (κ2) is 5.03. The third-order valence-electron chi connectivity index (χ3n) is 3.95. The Labute approximate surface area is 112 Å². The number of morpholine rings is 1. The Bertz CT molecular complexity index is 428. The highest BCUT2D eigenvalue weighted by Crippen LogP contribution is 2.30. The van der Waals surface area contributed by atoms with E-state index in [1.54, 1.807) is 12.4 Å². The van der Waals surface area contributed by atoms with Crippen LogP contribution >= 0.6 is 11.6 Å². The molecule has 2 fully saturated rings. The van der Waals surface area contributed by atoms with Crippen LogP contribution in [0.3, 0.4) is 0 Å². The molecule has 3 rings (SSSR count). The van der Waals surface area contributed by atoms with E-state index in [1.165, 1.54) is 0 Å². The number of pyridine rings is 1. The number of nitrogens with zero attached hydrogens (tertiary/aromatic N) is 3. The van der Waals surface area contributed by atoms with E-state index in [-0.39, 0.29) is 0 Å². The molecular weight excluding hydrogens is 250 g/mol. The second-order valence-corrected chi connectivity index (χ2v) is 5.43. The number of hydrogen-bond acceptors (Lipinski definition) is 4. The van der Waals surface area contributed by atoms with Crippen molar-refractivity contribution in [2.45, 2.75) is 18.6 Å². The van der Waals surface area contributed by atoms with Gasteiger partial charge in [0.25, 0.3) is 0 Å². The molecule has 2 aliphatic heterocycles. The summed E-state index contributed by atoms with van der Waals surface area (Å²) in [6.45, 7) is 3.84.